The molecule has 0 amide bonds. The third-order valence-electron chi connectivity index (χ3n) is 2.98. The van der Waals surface area contributed by atoms with Gasteiger partial charge in [-0.15, -0.1) is 0 Å². The molecule has 2 heterocycles. The summed E-state index contributed by atoms with van der Waals surface area (Å²) in [5.74, 6) is 0. The Kier molecular flexibility index (Phi) is 2.98. The molecule has 0 N–H and O–H groups in total. The molecule has 0 radical (unpaired) electrons. The third-order valence-corrected chi connectivity index (χ3v) is 3.48. The molecule has 3 rings (SSSR count). The van der Waals surface area contributed by atoms with Crippen LogP contribution in [0.1, 0.15) is 0 Å². The lowest BCUT2D eigenvalue weighted by Gasteiger charge is -1.95. The summed E-state index contributed by atoms with van der Waals surface area (Å²) in [4.78, 5) is 4.43. The second-order valence-electron chi connectivity index (χ2n) is 3.90. The maximum atomic E-state index is 6.22. The first-order valence-electron chi connectivity index (χ1n) is 5.08. The number of aromatic nitrogens is 3. The van der Waals surface area contributed by atoms with Crippen molar-refractivity contribution in [2.75, 3.05) is 0 Å². The lowest BCUT2D eigenvalue weighted by atomic mass is 10.2. The number of rotatable bonds is 0. The summed E-state index contributed by atoms with van der Waals surface area (Å²) in [5, 5.41) is 1.83. The summed E-state index contributed by atoms with van der Waals surface area (Å²) in [6, 6.07) is 8.15. The van der Waals surface area contributed by atoms with Crippen molar-refractivity contribution in [1.29, 1.82) is 0 Å². The van der Waals surface area contributed by atoms with Gasteiger partial charge >= 0.3 is 5.28 Å². The van der Waals surface area contributed by atoms with Crippen LogP contribution in [-0.4, -0.2) is 9.55 Å². The summed E-state index contributed by atoms with van der Waals surface area (Å²) in [6.45, 7) is 0. The van der Waals surface area contributed by atoms with E-state index in [4.69, 9.17) is 11.6 Å². The van der Waals surface area contributed by atoms with Gasteiger partial charge in [-0.2, -0.15) is 0 Å². The van der Waals surface area contributed by atoms with Gasteiger partial charge in [0.05, 0.1) is 14.1 Å². The molecule has 17 heavy (non-hydrogen) atoms. The van der Waals surface area contributed by atoms with E-state index in [1.165, 1.54) is 0 Å². The number of fused-ring (bicyclic) bond motifs is 3. The van der Waals surface area contributed by atoms with Crippen LogP contribution < -0.4 is 17.0 Å². The van der Waals surface area contributed by atoms with Crippen molar-refractivity contribution in [3.63, 3.8) is 0 Å². The highest BCUT2D eigenvalue weighted by Gasteiger charge is 2.20. The molecule has 0 bridgehead atoms. The molecule has 0 atom stereocenters. The number of imidazole rings is 1. The summed E-state index contributed by atoms with van der Waals surface area (Å²) >= 11 is 6.22. The zero-order valence-corrected chi connectivity index (χ0v) is 11.0. The van der Waals surface area contributed by atoms with E-state index in [2.05, 4.69) is 23.2 Å². The van der Waals surface area contributed by atoms with E-state index >= 15 is 0 Å². The van der Waals surface area contributed by atoms with Crippen LogP contribution in [0.4, 0.5) is 0 Å². The number of pyridine rings is 1. The fourth-order valence-electron chi connectivity index (χ4n) is 2.14. The summed E-state index contributed by atoms with van der Waals surface area (Å²) in [5.41, 5.74) is 3.16. The molecule has 3 aromatic rings. The van der Waals surface area contributed by atoms with Crippen molar-refractivity contribution in [3.8, 4) is 0 Å². The lowest BCUT2D eigenvalue weighted by Crippen LogP contribution is -3.00. The Morgan fingerprint density at radius 3 is 2.82 bits per heavy atom. The molecule has 0 saturated heterocycles. The number of benzene rings is 1. The molecule has 0 saturated carbocycles. The maximum absolute atomic E-state index is 6.22. The lowest BCUT2D eigenvalue weighted by molar-refractivity contribution is -0.642. The fraction of sp³-hybridized carbons (Fsp3) is 0.167. The van der Waals surface area contributed by atoms with Crippen molar-refractivity contribution < 1.29 is 17.0 Å². The van der Waals surface area contributed by atoms with Crippen LogP contribution in [0.2, 0.25) is 5.28 Å². The predicted molar refractivity (Wildman–Crippen MR) is 64.4 cm³/mol. The van der Waals surface area contributed by atoms with Crippen LogP contribution in [0.3, 0.4) is 0 Å². The molecular weight excluding hydrogens is 257 g/mol. The van der Waals surface area contributed by atoms with E-state index in [-0.39, 0.29) is 12.4 Å². The van der Waals surface area contributed by atoms with Crippen LogP contribution in [0.5, 0.6) is 0 Å². The number of aryl methyl sites for hydroxylation is 2. The molecule has 0 aliphatic rings. The van der Waals surface area contributed by atoms with Crippen LogP contribution in [0, 0.1) is 0 Å². The summed E-state index contributed by atoms with van der Waals surface area (Å²) in [7, 11) is 3.91. The Morgan fingerprint density at radius 2 is 2.06 bits per heavy atom. The van der Waals surface area contributed by atoms with Gasteiger partial charge in [-0.05, 0) is 18.2 Å². The van der Waals surface area contributed by atoms with Gasteiger partial charge in [-0.3, -0.25) is 4.98 Å². The first-order chi connectivity index (χ1) is 7.70. The van der Waals surface area contributed by atoms with Crippen molar-refractivity contribution >= 4 is 33.5 Å². The average Bonchev–Trinajstić information content (AvgIpc) is 2.55. The number of hydrogen-bond acceptors (Lipinski definition) is 1. The first kappa shape index (κ1) is 12.1. The fourth-order valence-corrected chi connectivity index (χ4v) is 2.31. The van der Waals surface area contributed by atoms with Crippen molar-refractivity contribution in [1.82, 2.24) is 9.55 Å². The smallest absolute Gasteiger partial charge is 0.355 e. The van der Waals surface area contributed by atoms with Crippen LogP contribution in [0.15, 0.2) is 30.5 Å². The zero-order valence-electron chi connectivity index (χ0n) is 9.48. The molecular formula is C12H11Cl2N3. The Balaban J connectivity index is 0.00000108. The standard InChI is InChI=1S/C12H11ClN3.ClH/c1-15-9-6-5-8-4-3-7-14-10(8)11(9)16(2)12(15)13;/h3-7H,1-2H3;1H/q+1;/p-1. The predicted octanol–water partition coefficient (Wildman–Crippen LogP) is -0.792. The van der Waals surface area contributed by atoms with Gasteiger partial charge in [-0.1, -0.05) is 6.07 Å². The van der Waals surface area contributed by atoms with Gasteiger partial charge in [0.15, 0.2) is 5.52 Å². The molecule has 3 nitrogen and oxygen atoms in total. The summed E-state index contributed by atoms with van der Waals surface area (Å²) in [6.07, 6.45) is 1.81. The normalized spacial score (nSPS) is 10.8. The molecule has 88 valence electrons. The van der Waals surface area contributed by atoms with Crippen molar-refractivity contribution in [2.24, 2.45) is 14.1 Å². The van der Waals surface area contributed by atoms with E-state index in [1.54, 1.807) is 0 Å². The van der Waals surface area contributed by atoms with E-state index in [1.807, 2.05) is 35.5 Å². The topological polar surface area (TPSA) is 21.7 Å². The summed E-state index contributed by atoms with van der Waals surface area (Å²) < 4.78 is 3.93. The molecule has 1 aromatic carbocycles. The van der Waals surface area contributed by atoms with Gasteiger partial charge in [0.2, 0.25) is 5.52 Å². The molecule has 2 aromatic heterocycles. The van der Waals surface area contributed by atoms with Crippen molar-refractivity contribution in [2.45, 2.75) is 0 Å². The van der Waals surface area contributed by atoms with Gasteiger partial charge in [-0.25, -0.2) is 9.13 Å². The van der Waals surface area contributed by atoms with Gasteiger partial charge in [0.1, 0.15) is 5.52 Å². The van der Waals surface area contributed by atoms with E-state index in [0.29, 0.717) is 5.28 Å². The van der Waals surface area contributed by atoms with E-state index in [0.717, 1.165) is 21.9 Å². The van der Waals surface area contributed by atoms with Crippen LogP contribution in [0.25, 0.3) is 21.9 Å². The van der Waals surface area contributed by atoms with Gasteiger partial charge < -0.3 is 12.4 Å². The highest BCUT2D eigenvalue weighted by molar-refractivity contribution is 6.28. The SMILES string of the molecule is Cn1c(Cl)[n+](C)c2c3ncccc3ccc21.[Cl-]. The van der Waals surface area contributed by atoms with Gasteiger partial charge in [0, 0.05) is 23.2 Å². The Bertz CT molecular complexity index is 704. The minimum Gasteiger partial charge on any atom is -1.00 e. The molecule has 5 heteroatoms. The maximum Gasteiger partial charge on any atom is 0.355 e. The number of hydrogen-bond donors (Lipinski definition) is 0. The molecule has 0 fully saturated rings. The van der Waals surface area contributed by atoms with E-state index in [9.17, 15) is 0 Å². The van der Waals surface area contributed by atoms with Crippen molar-refractivity contribution in [3.05, 3.63) is 35.7 Å². The largest absolute Gasteiger partial charge is 1.00 e. The number of nitrogens with zero attached hydrogens (tertiary/aromatic N) is 3. The molecule has 0 spiro atoms. The molecule has 0 aliphatic carbocycles. The van der Waals surface area contributed by atoms with Gasteiger partial charge in [0.25, 0.3) is 0 Å². The van der Waals surface area contributed by atoms with Crippen LogP contribution >= 0.6 is 11.6 Å². The average molecular weight is 268 g/mol. The molecule has 0 aliphatic heterocycles. The number of halogens is 2. The Morgan fingerprint density at radius 1 is 1.29 bits per heavy atom. The minimum absolute atomic E-state index is 0. The molecule has 0 unspecified atom stereocenters. The zero-order chi connectivity index (χ0) is 11.3. The highest BCUT2D eigenvalue weighted by atomic mass is 35.5. The monoisotopic (exact) mass is 267 g/mol. The second kappa shape index (κ2) is 4.17. The van der Waals surface area contributed by atoms with Crippen LogP contribution in [-0.2, 0) is 14.1 Å². The first-order valence-corrected chi connectivity index (χ1v) is 5.45. The third kappa shape index (κ3) is 1.58. The Labute approximate surface area is 110 Å². The minimum atomic E-state index is 0. The highest BCUT2D eigenvalue weighted by Crippen LogP contribution is 2.23. The Hall–Kier alpha value is -1.32. The quantitative estimate of drug-likeness (QED) is 0.490. The van der Waals surface area contributed by atoms with E-state index < -0.39 is 0 Å². The second-order valence-corrected chi connectivity index (χ2v) is 4.23.